The molecule has 1 aromatic heterocycles. The standard InChI is InChI=1S/C17H30N4O2.ClH/c1-5-10-21-14(3)15(13(2)20-21)16(22)19-11-17(12-23-4)6-8-18-9-7-17;/h18H,5-12H2,1-4H3,(H,19,22);1H. The van der Waals surface area contributed by atoms with Crippen LogP contribution in [0.25, 0.3) is 0 Å². The Hall–Kier alpha value is -1.11. The fraction of sp³-hybridized carbons (Fsp3) is 0.765. The van der Waals surface area contributed by atoms with E-state index in [2.05, 4.69) is 22.7 Å². The van der Waals surface area contributed by atoms with Crippen LogP contribution < -0.4 is 10.6 Å². The van der Waals surface area contributed by atoms with E-state index in [1.807, 2.05) is 18.5 Å². The molecule has 2 heterocycles. The molecule has 0 aromatic carbocycles. The van der Waals surface area contributed by atoms with Crippen molar-refractivity contribution in [1.29, 1.82) is 0 Å². The largest absolute Gasteiger partial charge is 0.384 e. The third-order valence-electron chi connectivity index (χ3n) is 4.78. The van der Waals surface area contributed by atoms with E-state index in [0.29, 0.717) is 13.2 Å². The van der Waals surface area contributed by atoms with Gasteiger partial charge in [0, 0.05) is 31.3 Å². The molecule has 0 unspecified atom stereocenters. The van der Waals surface area contributed by atoms with Crippen molar-refractivity contribution in [3.05, 3.63) is 17.0 Å². The molecule has 1 aliphatic rings. The molecule has 1 aromatic rings. The second-order valence-electron chi connectivity index (χ2n) is 6.63. The zero-order chi connectivity index (χ0) is 16.9. The normalized spacial score (nSPS) is 16.5. The second-order valence-corrected chi connectivity index (χ2v) is 6.63. The van der Waals surface area contributed by atoms with Crippen LogP contribution in [0.4, 0.5) is 0 Å². The number of hydrogen-bond acceptors (Lipinski definition) is 4. The van der Waals surface area contributed by atoms with Crippen LogP contribution in [0.15, 0.2) is 0 Å². The predicted molar refractivity (Wildman–Crippen MR) is 98.0 cm³/mol. The number of aryl methyl sites for hydroxylation is 2. The summed E-state index contributed by atoms with van der Waals surface area (Å²) >= 11 is 0. The van der Waals surface area contributed by atoms with Gasteiger partial charge in [0.25, 0.3) is 5.91 Å². The lowest BCUT2D eigenvalue weighted by Gasteiger charge is -2.37. The van der Waals surface area contributed by atoms with E-state index in [4.69, 9.17) is 4.74 Å². The highest BCUT2D eigenvalue weighted by atomic mass is 35.5. The van der Waals surface area contributed by atoms with Gasteiger partial charge in [-0.1, -0.05) is 6.92 Å². The molecule has 1 aliphatic heterocycles. The van der Waals surface area contributed by atoms with Crippen LogP contribution in [0, 0.1) is 19.3 Å². The predicted octanol–water partition coefficient (Wildman–Crippen LogP) is 2.08. The van der Waals surface area contributed by atoms with E-state index in [1.54, 1.807) is 7.11 Å². The average Bonchev–Trinajstić information content (AvgIpc) is 2.81. The van der Waals surface area contributed by atoms with Crippen LogP contribution >= 0.6 is 12.4 Å². The lowest BCUT2D eigenvalue weighted by molar-refractivity contribution is 0.0511. The van der Waals surface area contributed by atoms with E-state index < -0.39 is 0 Å². The van der Waals surface area contributed by atoms with Crippen LogP contribution in [0.2, 0.25) is 0 Å². The highest BCUT2D eigenvalue weighted by Gasteiger charge is 2.33. The molecule has 24 heavy (non-hydrogen) atoms. The van der Waals surface area contributed by atoms with Gasteiger partial charge in [-0.3, -0.25) is 9.48 Å². The fourth-order valence-corrected chi connectivity index (χ4v) is 3.45. The van der Waals surface area contributed by atoms with Crippen LogP contribution in [0.5, 0.6) is 0 Å². The van der Waals surface area contributed by atoms with Gasteiger partial charge in [0.05, 0.1) is 17.9 Å². The lowest BCUT2D eigenvalue weighted by Crippen LogP contribution is -2.47. The minimum Gasteiger partial charge on any atom is -0.384 e. The summed E-state index contributed by atoms with van der Waals surface area (Å²) < 4.78 is 7.34. The third-order valence-corrected chi connectivity index (χ3v) is 4.78. The topological polar surface area (TPSA) is 68.2 Å². The molecule has 1 saturated heterocycles. The lowest BCUT2D eigenvalue weighted by atomic mass is 9.79. The smallest absolute Gasteiger partial charge is 0.255 e. The number of ether oxygens (including phenoxy) is 1. The quantitative estimate of drug-likeness (QED) is 0.783. The number of carbonyl (C=O) groups is 1. The molecule has 7 heteroatoms. The molecule has 1 fully saturated rings. The summed E-state index contributed by atoms with van der Waals surface area (Å²) in [6.07, 6.45) is 3.05. The summed E-state index contributed by atoms with van der Waals surface area (Å²) in [5.74, 6) is -0.0173. The van der Waals surface area contributed by atoms with Crippen molar-refractivity contribution >= 4 is 18.3 Å². The number of rotatable bonds is 7. The molecule has 0 saturated carbocycles. The first-order valence-electron chi connectivity index (χ1n) is 8.55. The number of nitrogens with zero attached hydrogens (tertiary/aromatic N) is 2. The van der Waals surface area contributed by atoms with Crippen molar-refractivity contribution in [2.24, 2.45) is 5.41 Å². The van der Waals surface area contributed by atoms with Crippen molar-refractivity contribution in [1.82, 2.24) is 20.4 Å². The van der Waals surface area contributed by atoms with Crippen LogP contribution in [-0.2, 0) is 11.3 Å². The molecule has 0 bridgehead atoms. The molecule has 0 radical (unpaired) electrons. The molecule has 0 spiro atoms. The van der Waals surface area contributed by atoms with Gasteiger partial charge < -0.3 is 15.4 Å². The fourth-order valence-electron chi connectivity index (χ4n) is 3.45. The first-order chi connectivity index (χ1) is 11.0. The molecular weight excluding hydrogens is 328 g/mol. The highest BCUT2D eigenvalue weighted by molar-refractivity contribution is 5.96. The molecule has 138 valence electrons. The van der Waals surface area contributed by atoms with E-state index in [1.165, 1.54) is 0 Å². The second kappa shape index (κ2) is 9.39. The van der Waals surface area contributed by atoms with E-state index in [0.717, 1.165) is 55.8 Å². The Morgan fingerprint density at radius 1 is 1.38 bits per heavy atom. The van der Waals surface area contributed by atoms with Crippen LogP contribution in [0.1, 0.15) is 47.9 Å². The molecule has 0 atom stereocenters. The van der Waals surface area contributed by atoms with Gasteiger partial charge in [0.1, 0.15) is 0 Å². The molecule has 2 N–H and O–H groups in total. The van der Waals surface area contributed by atoms with Gasteiger partial charge in [-0.05, 0) is 46.2 Å². The van der Waals surface area contributed by atoms with Crippen molar-refractivity contribution in [3.63, 3.8) is 0 Å². The minimum atomic E-state index is -0.0173. The van der Waals surface area contributed by atoms with Crippen LogP contribution in [0.3, 0.4) is 0 Å². The van der Waals surface area contributed by atoms with Crippen molar-refractivity contribution in [3.8, 4) is 0 Å². The summed E-state index contributed by atoms with van der Waals surface area (Å²) in [5, 5.41) is 11.0. The number of halogens is 1. The summed E-state index contributed by atoms with van der Waals surface area (Å²) in [7, 11) is 1.73. The minimum absolute atomic E-state index is 0. The van der Waals surface area contributed by atoms with E-state index in [9.17, 15) is 4.79 Å². The van der Waals surface area contributed by atoms with Gasteiger partial charge in [0.15, 0.2) is 0 Å². The maximum Gasteiger partial charge on any atom is 0.255 e. The Morgan fingerprint density at radius 3 is 2.62 bits per heavy atom. The van der Waals surface area contributed by atoms with Gasteiger partial charge >= 0.3 is 0 Å². The van der Waals surface area contributed by atoms with E-state index >= 15 is 0 Å². The van der Waals surface area contributed by atoms with Crippen molar-refractivity contribution in [2.75, 3.05) is 33.4 Å². The summed E-state index contributed by atoms with van der Waals surface area (Å²) in [6.45, 7) is 10.1. The molecular formula is C17H31ClN4O2. The molecule has 2 rings (SSSR count). The summed E-state index contributed by atoms with van der Waals surface area (Å²) in [6, 6.07) is 0. The van der Waals surface area contributed by atoms with Gasteiger partial charge in [-0.15, -0.1) is 12.4 Å². The Kier molecular flexibility index (Phi) is 8.19. The maximum absolute atomic E-state index is 12.7. The number of carbonyl (C=O) groups excluding carboxylic acids is 1. The third kappa shape index (κ3) is 4.71. The van der Waals surface area contributed by atoms with Gasteiger partial charge in [-0.2, -0.15) is 5.10 Å². The van der Waals surface area contributed by atoms with Gasteiger partial charge in [-0.25, -0.2) is 0 Å². The number of amides is 1. The van der Waals surface area contributed by atoms with Crippen molar-refractivity contribution in [2.45, 2.75) is 46.6 Å². The monoisotopic (exact) mass is 358 g/mol. The maximum atomic E-state index is 12.7. The van der Waals surface area contributed by atoms with E-state index in [-0.39, 0.29) is 23.7 Å². The number of piperidine rings is 1. The first kappa shape index (κ1) is 20.9. The molecule has 1 amide bonds. The number of methoxy groups -OCH3 is 1. The molecule has 6 nitrogen and oxygen atoms in total. The summed E-state index contributed by atoms with van der Waals surface area (Å²) in [5.41, 5.74) is 2.52. The first-order valence-corrected chi connectivity index (χ1v) is 8.55. The van der Waals surface area contributed by atoms with Gasteiger partial charge in [0.2, 0.25) is 0 Å². The SMILES string of the molecule is CCCn1nc(C)c(C(=O)NCC2(COC)CCNCC2)c1C.Cl. The zero-order valence-electron chi connectivity index (χ0n) is 15.3. The van der Waals surface area contributed by atoms with Crippen molar-refractivity contribution < 1.29 is 9.53 Å². The highest BCUT2D eigenvalue weighted by Crippen LogP contribution is 2.28. The Morgan fingerprint density at radius 2 is 2.04 bits per heavy atom. The average molecular weight is 359 g/mol. The Labute approximate surface area is 151 Å². The number of nitrogens with one attached hydrogen (secondary N) is 2. The summed E-state index contributed by atoms with van der Waals surface area (Å²) in [4.78, 5) is 12.7. The Bertz CT molecular complexity index is 533. The number of hydrogen-bond donors (Lipinski definition) is 2. The zero-order valence-corrected chi connectivity index (χ0v) is 16.1. The van der Waals surface area contributed by atoms with Crippen LogP contribution in [-0.4, -0.2) is 49.0 Å². The Balaban J connectivity index is 0.00000288. The molecule has 0 aliphatic carbocycles. The number of aromatic nitrogens is 2.